The monoisotopic (exact) mass is 400 g/mol. The Kier molecular flexibility index (Phi) is 5.25. The minimum atomic E-state index is -7.97. The maximum absolute atomic E-state index is 13.2. The molecule has 0 nitrogen and oxygen atoms in total. The zero-order valence-electron chi connectivity index (χ0n) is 10.0. The lowest BCUT2D eigenvalue weighted by Crippen LogP contribution is -2.66. The van der Waals surface area contributed by atoms with E-state index in [4.69, 9.17) is 0 Å². The topological polar surface area (TPSA) is 0 Å². The van der Waals surface area contributed by atoms with Crippen molar-refractivity contribution >= 4 is 0 Å². The lowest BCUT2D eigenvalue weighted by molar-refractivity contribution is -0.365. The van der Waals surface area contributed by atoms with Gasteiger partial charge >= 0.3 is 36.0 Å². The van der Waals surface area contributed by atoms with E-state index in [1.165, 1.54) is 0 Å². The molecule has 0 unspecified atom stereocenters. The quantitative estimate of drug-likeness (QED) is 0.514. The molecule has 0 saturated carbocycles. The summed E-state index contributed by atoms with van der Waals surface area (Å²) in [4.78, 5) is 0. The highest BCUT2D eigenvalue weighted by atomic mass is 19.4. The molecule has 0 atom stereocenters. The van der Waals surface area contributed by atoms with Crippen LogP contribution < -0.4 is 0 Å². The highest BCUT2D eigenvalue weighted by molar-refractivity contribution is 5.37. The second kappa shape index (κ2) is 5.57. The van der Waals surface area contributed by atoms with Crippen molar-refractivity contribution in [2.45, 2.75) is 36.0 Å². The minimum absolute atomic E-state index is 5.13. The molecule has 0 fully saturated rings. The molecule has 0 aliphatic heterocycles. The molecule has 0 rings (SSSR count). The van der Waals surface area contributed by atoms with Crippen LogP contribution >= 0.6 is 0 Å². The third-order valence-corrected chi connectivity index (χ3v) is 2.44. The Hall–Kier alpha value is -1.38. The molecular formula is C8F16. The van der Waals surface area contributed by atoms with Gasteiger partial charge in [0.2, 0.25) is 0 Å². The maximum atomic E-state index is 13.2. The van der Waals surface area contributed by atoms with Crippen molar-refractivity contribution in [1.29, 1.82) is 0 Å². The van der Waals surface area contributed by atoms with Gasteiger partial charge in [-0.2, -0.15) is 61.5 Å². The van der Waals surface area contributed by atoms with Crippen LogP contribution in [0.4, 0.5) is 70.2 Å². The predicted molar refractivity (Wildman–Crippen MR) is 41.1 cm³/mol. The molecule has 16 heteroatoms. The van der Waals surface area contributed by atoms with Gasteiger partial charge in [-0.05, 0) is 0 Å². The fourth-order valence-electron chi connectivity index (χ4n) is 1.39. The average molecular weight is 400 g/mol. The van der Waals surface area contributed by atoms with Gasteiger partial charge in [-0.15, -0.1) is 0 Å². The molecule has 0 heterocycles. The minimum Gasteiger partial charge on any atom is -0.218 e. The number of alkyl halides is 14. The van der Waals surface area contributed by atoms with Crippen LogP contribution in [0.5, 0.6) is 0 Å². The first-order valence-electron chi connectivity index (χ1n) is 4.77. The molecule has 0 aliphatic carbocycles. The number of allylic oxidation sites excluding steroid dienone is 1. The molecule has 0 aromatic rings. The Labute approximate surface area is 119 Å². The second-order valence-electron chi connectivity index (χ2n) is 3.94. The molecule has 0 amide bonds. The Morgan fingerprint density at radius 1 is 0.375 bits per heavy atom. The highest BCUT2D eigenvalue weighted by Gasteiger charge is 2.87. The Balaban J connectivity index is 7.25. The summed E-state index contributed by atoms with van der Waals surface area (Å²) in [6.45, 7) is 0. The van der Waals surface area contributed by atoms with Gasteiger partial charge in [0.15, 0.2) is 0 Å². The first kappa shape index (κ1) is 22.6. The molecule has 0 aliphatic rings. The number of hydrogen-bond donors (Lipinski definition) is 0. The number of hydrogen-bond acceptors (Lipinski definition) is 0. The van der Waals surface area contributed by atoms with Crippen molar-refractivity contribution in [2.75, 3.05) is 0 Å². The summed E-state index contributed by atoms with van der Waals surface area (Å²) in [5, 5.41) is 0. The van der Waals surface area contributed by atoms with E-state index in [-0.39, 0.29) is 0 Å². The van der Waals surface area contributed by atoms with Crippen LogP contribution in [0.3, 0.4) is 0 Å². The van der Waals surface area contributed by atoms with Crippen LogP contribution in [0, 0.1) is 0 Å². The number of rotatable bonds is 2. The summed E-state index contributed by atoms with van der Waals surface area (Å²) < 4.78 is 197. The van der Waals surface area contributed by atoms with Gasteiger partial charge in [-0.3, -0.25) is 0 Å². The molecule has 0 aromatic heterocycles. The maximum Gasteiger partial charge on any atom is 0.435 e. The van der Waals surface area contributed by atoms with Gasteiger partial charge in [0.05, 0.1) is 0 Å². The molecule has 0 radical (unpaired) electrons. The largest absolute Gasteiger partial charge is 0.435 e. The summed E-state index contributed by atoms with van der Waals surface area (Å²) in [6, 6.07) is 0. The van der Waals surface area contributed by atoms with E-state index in [0.29, 0.717) is 0 Å². The van der Waals surface area contributed by atoms with E-state index in [0.717, 1.165) is 0 Å². The lowest BCUT2D eigenvalue weighted by atomic mass is 9.81. The Morgan fingerprint density at radius 2 is 0.542 bits per heavy atom. The Morgan fingerprint density at radius 3 is 0.625 bits per heavy atom. The lowest BCUT2D eigenvalue weighted by Gasteiger charge is -2.39. The number of halogens is 16. The molecule has 0 N–H and O–H groups in total. The molecule has 0 spiro atoms. The van der Waals surface area contributed by atoms with Crippen molar-refractivity contribution in [1.82, 2.24) is 0 Å². The first-order valence-corrected chi connectivity index (χ1v) is 4.77. The van der Waals surface area contributed by atoms with Crippen molar-refractivity contribution in [3.05, 3.63) is 11.7 Å². The van der Waals surface area contributed by atoms with Gasteiger partial charge in [0, 0.05) is 0 Å². The van der Waals surface area contributed by atoms with Crippen LogP contribution in [0.2, 0.25) is 0 Å². The fraction of sp³-hybridized carbons (Fsp3) is 0.750. The Bertz CT molecular complexity index is 422. The van der Waals surface area contributed by atoms with Crippen LogP contribution in [0.1, 0.15) is 0 Å². The third kappa shape index (κ3) is 3.10. The van der Waals surface area contributed by atoms with E-state index in [1.54, 1.807) is 0 Å². The molecule has 24 heavy (non-hydrogen) atoms. The van der Waals surface area contributed by atoms with Crippen LogP contribution in [-0.4, -0.2) is 36.0 Å². The zero-order valence-corrected chi connectivity index (χ0v) is 10.0. The third-order valence-electron chi connectivity index (χ3n) is 2.44. The van der Waals surface area contributed by atoms with Gasteiger partial charge < -0.3 is 0 Å². The van der Waals surface area contributed by atoms with Crippen LogP contribution in [-0.2, 0) is 0 Å². The summed E-state index contributed by atoms with van der Waals surface area (Å²) in [6.07, 6.45) is -36.5. The van der Waals surface area contributed by atoms with Crippen molar-refractivity contribution < 1.29 is 70.2 Å². The van der Waals surface area contributed by atoms with Crippen molar-refractivity contribution in [3.8, 4) is 0 Å². The molecule has 0 aromatic carbocycles. The van der Waals surface area contributed by atoms with Crippen LogP contribution in [0.25, 0.3) is 0 Å². The predicted octanol–water partition coefficient (Wildman–Crippen LogP) is 5.80. The standard InChI is InChI=1S/C8F16/c9-2(10)1(3(11,5(13,14)15)6(16,17)18)4(12,7(19,20)21)8(22,23)24. The summed E-state index contributed by atoms with van der Waals surface area (Å²) in [7, 11) is 0. The van der Waals surface area contributed by atoms with Crippen molar-refractivity contribution in [2.24, 2.45) is 0 Å². The smallest absolute Gasteiger partial charge is 0.218 e. The fourth-order valence-corrected chi connectivity index (χ4v) is 1.39. The summed E-state index contributed by atoms with van der Waals surface area (Å²) in [5.74, 6) is 0. The summed E-state index contributed by atoms with van der Waals surface area (Å²) >= 11 is 0. The molecule has 0 saturated heterocycles. The van der Waals surface area contributed by atoms with Gasteiger partial charge in [-0.25, -0.2) is 8.78 Å². The van der Waals surface area contributed by atoms with E-state index in [9.17, 15) is 70.2 Å². The van der Waals surface area contributed by atoms with E-state index >= 15 is 0 Å². The SMILES string of the molecule is FC(F)=C(C(F)(C(F)(F)F)C(F)(F)F)C(F)(C(F)(F)F)C(F)(F)F. The highest BCUT2D eigenvalue weighted by Crippen LogP contribution is 2.61. The molecule has 144 valence electrons. The van der Waals surface area contributed by atoms with E-state index in [2.05, 4.69) is 0 Å². The average Bonchev–Trinajstić information content (AvgIpc) is 2.21. The van der Waals surface area contributed by atoms with Crippen molar-refractivity contribution in [3.63, 3.8) is 0 Å². The van der Waals surface area contributed by atoms with Crippen LogP contribution in [0.15, 0.2) is 11.7 Å². The first-order chi connectivity index (χ1) is 10.1. The van der Waals surface area contributed by atoms with E-state index < -0.39 is 47.7 Å². The molecule has 0 bridgehead atoms. The van der Waals surface area contributed by atoms with Gasteiger partial charge in [0.25, 0.3) is 6.08 Å². The van der Waals surface area contributed by atoms with E-state index in [1.807, 2.05) is 0 Å². The molecular weight excluding hydrogens is 400 g/mol. The van der Waals surface area contributed by atoms with Gasteiger partial charge in [0.1, 0.15) is 5.57 Å². The normalized spacial score (nSPS) is 15.5. The zero-order chi connectivity index (χ0) is 20.2. The summed E-state index contributed by atoms with van der Waals surface area (Å²) in [5.41, 5.74) is -21.5. The second-order valence-corrected chi connectivity index (χ2v) is 3.94. The van der Waals surface area contributed by atoms with Gasteiger partial charge in [-0.1, -0.05) is 0 Å².